The number of hydrogen-bond acceptors (Lipinski definition) is 2. The van der Waals surface area contributed by atoms with Crippen LogP contribution in [0.2, 0.25) is 19.6 Å². The van der Waals surface area contributed by atoms with E-state index in [4.69, 9.17) is 5.11 Å². The van der Waals surface area contributed by atoms with Gasteiger partial charge in [-0.3, -0.25) is 4.79 Å². The Labute approximate surface area is 81.8 Å². The van der Waals surface area contributed by atoms with E-state index >= 15 is 0 Å². The van der Waals surface area contributed by atoms with E-state index in [-0.39, 0.29) is 0 Å². The summed E-state index contributed by atoms with van der Waals surface area (Å²) in [5.41, 5.74) is 0. The Bertz CT molecular complexity index is 165. The van der Waals surface area contributed by atoms with Gasteiger partial charge in [0.2, 0.25) is 0 Å². The highest BCUT2D eigenvalue weighted by molar-refractivity contribution is 6.73. The van der Waals surface area contributed by atoms with E-state index in [2.05, 4.69) is 31.1 Å². The smallest absolute Gasteiger partial charge is 0.303 e. The summed E-state index contributed by atoms with van der Waals surface area (Å²) in [4.78, 5) is 10.3. The summed E-state index contributed by atoms with van der Waals surface area (Å²) >= 11 is 0. The standard InChI is InChI=1S/C9H21NO2Si/c1-5-10(13(2,3)4)8-6-7-9(11)12/h5-8H2,1-4H3,(H,11,12). The summed E-state index contributed by atoms with van der Waals surface area (Å²) in [6.45, 7) is 11.0. The Balaban J connectivity index is 3.80. The van der Waals surface area contributed by atoms with Gasteiger partial charge in [0, 0.05) is 6.42 Å². The van der Waals surface area contributed by atoms with Crippen molar-refractivity contribution in [2.45, 2.75) is 39.4 Å². The zero-order valence-corrected chi connectivity index (χ0v) is 10.1. The molecule has 0 fully saturated rings. The van der Waals surface area contributed by atoms with E-state index in [1.807, 2.05) is 0 Å². The molecule has 0 rings (SSSR count). The van der Waals surface area contributed by atoms with Crippen molar-refractivity contribution in [1.82, 2.24) is 4.57 Å². The number of nitrogens with zero attached hydrogens (tertiary/aromatic N) is 1. The Morgan fingerprint density at radius 3 is 2.23 bits per heavy atom. The van der Waals surface area contributed by atoms with E-state index in [0.717, 1.165) is 19.5 Å². The first-order valence-corrected chi connectivity index (χ1v) is 8.29. The van der Waals surface area contributed by atoms with E-state index in [1.165, 1.54) is 0 Å². The van der Waals surface area contributed by atoms with Crippen LogP contribution in [-0.4, -0.2) is 37.0 Å². The Kier molecular flexibility index (Phi) is 5.25. The highest BCUT2D eigenvalue weighted by Crippen LogP contribution is 2.09. The molecule has 0 saturated carbocycles. The summed E-state index contributed by atoms with van der Waals surface area (Å²) in [6, 6.07) is 0. The number of carbonyl (C=O) groups is 1. The minimum Gasteiger partial charge on any atom is -0.481 e. The van der Waals surface area contributed by atoms with Gasteiger partial charge in [0.05, 0.1) is 0 Å². The minimum absolute atomic E-state index is 0.293. The molecule has 4 heteroatoms. The summed E-state index contributed by atoms with van der Waals surface area (Å²) in [5.74, 6) is -0.688. The molecule has 0 bridgehead atoms. The normalized spacial score (nSPS) is 12.1. The van der Waals surface area contributed by atoms with E-state index in [1.54, 1.807) is 0 Å². The lowest BCUT2D eigenvalue weighted by atomic mass is 10.3. The van der Waals surface area contributed by atoms with Crippen LogP contribution < -0.4 is 0 Å². The summed E-state index contributed by atoms with van der Waals surface area (Å²) in [7, 11) is -1.22. The molecule has 78 valence electrons. The molecule has 0 aromatic carbocycles. The van der Waals surface area contributed by atoms with Crippen LogP contribution in [0.5, 0.6) is 0 Å². The number of carboxylic acids is 1. The summed E-state index contributed by atoms with van der Waals surface area (Å²) in [6.07, 6.45) is 1.06. The average Bonchev–Trinajstić information content (AvgIpc) is 1.95. The van der Waals surface area contributed by atoms with Crippen molar-refractivity contribution in [3.63, 3.8) is 0 Å². The van der Waals surface area contributed by atoms with Gasteiger partial charge in [0.1, 0.15) is 8.24 Å². The Morgan fingerprint density at radius 2 is 1.92 bits per heavy atom. The lowest BCUT2D eigenvalue weighted by Crippen LogP contribution is -2.46. The molecule has 0 aliphatic heterocycles. The fourth-order valence-corrected chi connectivity index (χ4v) is 3.17. The van der Waals surface area contributed by atoms with Crippen LogP contribution in [0, 0.1) is 0 Å². The van der Waals surface area contributed by atoms with Crippen molar-refractivity contribution in [2.24, 2.45) is 0 Å². The fourth-order valence-electron chi connectivity index (χ4n) is 1.39. The molecule has 0 unspecified atom stereocenters. The highest BCUT2D eigenvalue weighted by atomic mass is 28.3. The average molecular weight is 203 g/mol. The van der Waals surface area contributed by atoms with Gasteiger partial charge in [-0.05, 0) is 19.5 Å². The molecule has 0 radical (unpaired) electrons. The van der Waals surface area contributed by atoms with Crippen molar-refractivity contribution in [3.05, 3.63) is 0 Å². The molecule has 0 aromatic rings. The molecule has 1 N–H and O–H groups in total. The fraction of sp³-hybridized carbons (Fsp3) is 0.889. The van der Waals surface area contributed by atoms with Gasteiger partial charge < -0.3 is 9.67 Å². The van der Waals surface area contributed by atoms with E-state index in [0.29, 0.717) is 6.42 Å². The third-order valence-electron chi connectivity index (χ3n) is 2.15. The van der Waals surface area contributed by atoms with Gasteiger partial charge >= 0.3 is 5.97 Å². The molecule has 13 heavy (non-hydrogen) atoms. The first-order chi connectivity index (χ1) is 5.88. The molecule has 0 atom stereocenters. The molecular weight excluding hydrogens is 182 g/mol. The number of hydrogen-bond donors (Lipinski definition) is 1. The second kappa shape index (κ2) is 5.39. The molecule has 0 aliphatic rings. The SMILES string of the molecule is CCN(CCCC(=O)O)[Si](C)(C)C. The number of rotatable bonds is 6. The van der Waals surface area contributed by atoms with Crippen molar-refractivity contribution in [1.29, 1.82) is 0 Å². The first-order valence-electron chi connectivity index (χ1n) is 4.84. The van der Waals surface area contributed by atoms with E-state index in [9.17, 15) is 4.79 Å². The van der Waals surface area contributed by atoms with Crippen LogP contribution >= 0.6 is 0 Å². The maximum atomic E-state index is 10.3. The lowest BCUT2D eigenvalue weighted by Gasteiger charge is -2.32. The third-order valence-corrected chi connectivity index (χ3v) is 4.59. The molecule has 0 saturated heterocycles. The first kappa shape index (κ1) is 12.6. The third kappa shape index (κ3) is 5.82. The second-order valence-corrected chi connectivity index (χ2v) is 9.22. The van der Waals surface area contributed by atoms with Crippen molar-refractivity contribution >= 4 is 14.2 Å². The van der Waals surface area contributed by atoms with Crippen LogP contribution in [0.1, 0.15) is 19.8 Å². The maximum Gasteiger partial charge on any atom is 0.303 e. The monoisotopic (exact) mass is 203 g/mol. The lowest BCUT2D eigenvalue weighted by molar-refractivity contribution is -0.137. The maximum absolute atomic E-state index is 10.3. The quantitative estimate of drug-likeness (QED) is 0.671. The molecule has 0 amide bonds. The zero-order chi connectivity index (χ0) is 10.5. The topological polar surface area (TPSA) is 40.5 Å². The molecule has 0 aromatic heterocycles. The molecule has 3 nitrogen and oxygen atoms in total. The summed E-state index contributed by atoms with van der Waals surface area (Å²) in [5, 5.41) is 8.49. The van der Waals surface area contributed by atoms with Crippen molar-refractivity contribution < 1.29 is 9.90 Å². The number of aliphatic carboxylic acids is 1. The van der Waals surface area contributed by atoms with Gasteiger partial charge in [-0.1, -0.05) is 26.6 Å². The van der Waals surface area contributed by atoms with Crippen LogP contribution in [0.3, 0.4) is 0 Å². The zero-order valence-electron chi connectivity index (χ0n) is 9.13. The van der Waals surface area contributed by atoms with Gasteiger partial charge in [0.15, 0.2) is 0 Å². The van der Waals surface area contributed by atoms with Crippen molar-refractivity contribution in [3.8, 4) is 0 Å². The van der Waals surface area contributed by atoms with Crippen LogP contribution in [0.15, 0.2) is 0 Å². The van der Waals surface area contributed by atoms with Crippen LogP contribution in [0.4, 0.5) is 0 Å². The predicted octanol–water partition coefficient (Wildman–Crippen LogP) is 2.01. The second-order valence-electron chi connectivity index (χ2n) is 4.25. The predicted molar refractivity (Wildman–Crippen MR) is 57.5 cm³/mol. The number of carboxylic acid groups (broad SMARTS) is 1. The molecule has 0 heterocycles. The summed E-state index contributed by atoms with van der Waals surface area (Å²) < 4.78 is 2.43. The van der Waals surface area contributed by atoms with E-state index < -0.39 is 14.2 Å². The van der Waals surface area contributed by atoms with Crippen LogP contribution in [-0.2, 0) is 4.79 Å². The van der Waals surface area contributed by atoms with Gasteiger partial charge in [-0.2, -0.15) is 0 Å². The molecule has 0 spiro atoms. The largest absolute Gasteiger partial charge is 0.481 e. The van der Waals surface area contributed by atoms with Crippen LogP contribution in [0.25, 0.3) is 0 Å². The van der Waals surface area contributed by atoms with Gasteiger partial charge in [0.25, 0.3) is 0 Å². The molecule has 0 aliphatic carbocycles. The highest BCUT2D eigenvalue weighted by Gasteiger charge is 2.21. The molecular formula is C9H21NO2Si. The van der Waals surface area contributed by atoms with Gasteiger partial charge in [-0.25, -0.2) is 0 Å². The van der Waals surface area contributed by atoms with Gasteiger partial charge in [-0.15, -0.1) is 0 Å². The Morgan fingerprint density at radius 1 is 1.38 bits per heavy atom. The van der Waals surface area contributed by atoms with Crippen molar-refractivity contribution in [2.75, 3.05) is 13.1 Å². The minimum atomic E-state index is -1.22. The Hall–Kier alpha value is -0.353.